The number of nitrogens with zero attached hydrogens (tertiary/aromatic N) is 1. The van der Waals surface area contributed by atoms with E-state index in [0.717, 1.165) is 30.8 Å². The molecule has 0 aromatic heterocycles. The van der Waals surface area contributed by atoms with Crippen LogP contribution < -0.4 is 16.0 Å². The van der Waals surface area contributed by atoms with Gasteiger partial charge in [-0.05, 0) is 44.4 Å². The molecule has 1 aromatic carbocycles. The number of nitrogens with one attached hydrogen (secondary N) is 1. The largest absolute Gasteiger partial charge is 0.398 e. The van der Waals surface area contributed by atoms with E-state index in [0.29, 0.717) is 6.54 Å². The van der Waals surface area contributed by atoms with E-state index in [-0.39, 0.29) is 11.9 Å². The molecular weight excluding hydrogens is 226 g/mol. The third kappa shape index (κ3) is 2.75. The number of hydrogen-bond donors (Lipinski definition) is 2. The van der Waals surface area contributed by atoms with Crippen LogP contribution in [0.3, 0.4) is 0 Å². The second-order valence-electron chi connectivity index (χ2n) is 5.09. The smallest absolute Gasteiger partial charge is 0.239 e. The zero-order valence-corrected chi connectivity index (χ0v) is 11.1. The Morgan fingerprint density at radius 2 is 2.28 bits per heavy atom. The SMILES string of the molecule is CC(C)NC(=O)CN1CCCc2c(N)cccc21. The molecule has 0 fully saturated rings. The number of anilines is 2. The number of fused-ring (bicyclic) bond motifs is 1. The zero-order valence-electron chi connectivity index (χ0n) is 11.1. The third-order valence-electron chi connectivity index (χ3n) is 3.17. The number of rotatable bonds is 3. The second kappa shape index (κ2) is 5.29. The molecule has 0 radical (unpaired) electrons. The van der Waals surface area contributed by atoms with E-state index < -0.39 is 0 Å². The Balaban J connectivity index is 2.13. The van der Waals surface area contributed by atoms with Crippen molar-refractivity contribution in [1.29, 1.82) is 0 Å². The Kier molecular flexibility index (Phi) is 3.75. The van der Waals surface area contributed by atoms with Gasteiger partial charge in [0.25, 0.3) is 0 Å². The molecule has 1 aliphatic heterocycles. The quantitative estimate of drug-likeness (QED) is 0.797. The van der Waals surface area contributed by atoms with Crippen LogP contribution in [0.25, 0.3) is 0 Å². The zero-order chi connectivity index (χ0) is 13.1. The van der Waals surface area contributed by atoms with Crippen molar-refractivity contribution < 1.29 is 4.79 Å². The van der Waals surface area contributed by atoms with Crippen LogP contribution in [0.5, 0.6) is 0 Å². The Hall–Kier alpha value is -1.71. The lowest BCUT2D eigenvalue weighted by molar-refractivity contribution is -0.120. The molecule has 0 atom stereocenters. The number of benzene rings is 1. The molecular formula is C14H21N3O. The fourth-order valence-corrected chi connectivity index (χ4v) is 2.43. The molecule has 4 nitrogen and oxygen atoms in total. The van der Waals surface area contributed by atoms with Crippen LogP contribution in [-0.2, 0) is 11.2 Å². The fraction of sp³-hybridized carbons (Fsp3) is 0.500. The lowest BCUT2D eigenvalue weighted by Crippen LogP contribution is -2.42. The van der Waals surface area contributed by atoms with E-state index >= 15 is 0 Å². The van der Waals surface area contributed by atoms with Gasteiger partial charge < -0.3 is 16.0 Å². The molecule has 0 unspecified atom stereocenters. The molecule has 0 aliphatic carbocycles. The molecule has 2 rings (SSSR count). The van der Waals surface area contributed by atoms with E-state index in [2.05, 4.69) is 10.2 Å². The average molecular weight is 247 g/mol. The van der Waals surface area contributed by atoms with Crippen molar-refractivity contribution >= 4 is 17.3 Å². The van der Waals surface area contributed by atoms with Crippen LogP contribution in [-0.4, -0.2) is 25.0 Å². The number of nitrogen functional groups attached to an aromatic ring is 1. The minimum Gasteiger partial charge on any atom is -0.398 e. The van der Waals surface area contributed by atoms with Crippen molar-refractivity contribution in [1.82, 2.24) is 5.32 Å². The van der Waals surface area contributed by atoms with Crippen molar-refractivity contribution in [2.24, 2.45) is 0 Å². The van der Waals surface area contributed by atoms with Crippen LogP contribution in [0.2, 0.25) is 0 Å². The molecule has 1 aliphatic rings. The van der Waals surface area contributed by atoms with Gasteiger partial charge in [-0.1, -0.05) is 6.07 Å². The van der Waals surface area contributed by atoms with Crippen LogP contribution in [0, 0.1) is 0 Å². The highest BCUT2D eigenvalue weighted by Gasteiger charge is 2.20. The predicted octanol–water partition coefficient (Wildman–Crippen LogP) is 1.55. The molecule has 3 N–H and O–H groups in total. The van der Waals surface area contributed by atoms with Crippen molar-refractivity contribution in [2.45, 2.75) is 32.7 Å². The Labute approximate surface area is 108 Å². The molecule has 18 heavy (non-hydrogen) atoms. The van der Waals surface area contributed by atoms with E-state index in [1.54, 1.807) is 0 Å². The summed E-state index contributed by atoms with van der Waals surface area (Å²) in [5.74, 6) is 0.0697. The standard InChI is InChI=1S/C14H21N3O/c1-10(2)16-14(18)9-17-8-4-5-11-12(15)6-3-7-13(11)17/h3,6-7,10H,4-5,8-9,15H2,1-2H3,(H,16,18). The number of carbonyl (C=O) groups excluding carboxylic acids is 1. The summed E-state index contributed by atoms with van der Waals surface area (Å²) in [7, 11) is 0. The van der Waals surface area contributed by atoms with Crippen LogP contribution >= 0.6 is 0 Å². The number of hydrogen-bond acceptors (Lipinski definition) is 3. The maximum atomic E-state index is 11.8. The first-order chi connectivity index (χ1) is 8.58. The van der Waals surface area contributed by atoms with Gasteiger partial charge in [0, 0.05) is 24.0 Å². The lowest BCUT2D eigenvalue weighted by atomic mass is 10.00. The minimum atomic E-state index is 0.0697. The highest BCUT2D eigenvalue weighted by molar-refractivity contribution is 5.82. The summed E-state index contributed by atoms with van der Waals surface area (Å²) in [6, 6.07) is 6.11. The summed E-state index contributed by atoms with van der Waals surface area (Å²) < 4.78 is 0. The molecule has 0 saturated heterocycles. The summed E-state index contributed by atoms with van der Waals surface area (Å²) in [4.78, 5) is 14.0. The lowest BCUT2D eigenvalue weighted by Gasteiger charge is -2.31. The number of amides is 1. The van der Waals surface area contributed by atoms with E-state index in [9.17, 15) is 4.79 Å². The molecule has 1 aromatic rings. The Morgan fingerprint density at radius 1 is 1.50 bits per heavy atom. The first-order valence-corrected chi connectivity index (χ1v) is 6.49. The summed E-state index contributed by atoms with van der Waals surface area (Å²) in [5.41, 5.74) is 9.12. The van der Waals surface area contributed by atoms with Gasteiger partial charge in [-0.2, -0.15) is 0 Å². The van der Waals surface area contributed by atoms with Crippen molar-refractivity contribution in [3.05, 3.63) is 23.8 Å². The van der Waals surface area contributed by atoms with Gasteiger partial charge in [0.1, 0.15) is 0 Å². The first kappa shape index (κ1) is 12.7. The van der Waals surface area contributed by atoms with Gasteiger partial charge in [-0.15, -0.1) is 0 Å². The topological polar surface area (TPSA) is 58.4 Å². The fourth-order valence-electron chi connectivity index (χ4n) is 2.43. The average Bonchev–Trinajstić information content (AvgIpc) is 2.29. The predicted molar refractivity (Wildman–Crippen MR) is 74.7 cm³/mol. The number of nitrogens with two attached hydrogens (primary N) is 1. The first-order valence-electron chi connectivity index (χ1n) is 6.49. The Morgan fingerprint density at radius 3 is 3.00 bits per heavy atom. The Bertz CT molecular complexity index is 443. The van der Waals surface area contributed by atoms with E-state index in [4.69, 9.17) is 5.73 Å². The van der Waals surface area contributed by atoms with Crippen LogP contribution in [0.15, 0.2) is 18.2 Å². The van der Waals surface area contributed by atoms with E-state index in [1.165, 1.54) is 5.56 Å². The highest BCUT2D eigenvalue weighted by Crippen LogP contribution is 2.30. The van der Waals surface area contributed by atoms with Crippen LogP contribution in [0.4, 0.5) is 11.4 Å². The summed E-state index contributed by atoms with van der Waals surface area (Å²) >= 11 is 0. The minimum absolute atomic E-state index is 0.0697. The summed E-state index contributed by atoms with van der Waals surface area (Å²) in [6.07, 6.45) is 2.06. The number of carbonyl (C=O) groups is 1. The monoisotopic (exact) mass is 247 g/mol. The maximum absolute atomic E-state index is 11.8. The third-order valence-corrected chi connectivity index (χ3v) is 3.17. The molecule has 1 heterocycles. The maximum Gasteiger partial charge on any atom is 0.239 e. The van der Waals surface area contributed by atoms with Crippen molar-refractivity contribution in [3.8, 4) is 0 Å². The van der Waals surface area contributed by atoms with Crippen LogP contribution in [0.1, 0.15) is 25.8 Å². The summed E-state index contributed by atoms with van der Waals surface area (Å²) in [5, 5.41) is 2.92. The second-order valence-corrected chi connectivity index (χ2v) is 5.09. The van der Waals surface area contributed by atoms with Gasteiger partial charge in [0.05, 0.1) is 6.54 Å². The molecule has 0 saturated carbocycles. The van der Waals surface area contributed by atoms with Crippen molar-refractivity contribution in [2.75, 3.05) is 23.7 Å². The van der Waals surface area contributed by atoms with E-state index in [1.807, 2.05) is 32.0 Å². The molecule has 98 valence electrons. The normalized spacial score (nSPS) is 14.5. The molecule has 0 spiro atoms. The van der Waals surface area contributed by atoms with Gasteiger partial charge >= 0.3 is 0 Å². The van der Waals surface area contributed by atoms with Crippen molar-refractivity contribution in [3.63, 3.8) is 0 Å². The molecule has 1 amide bonds. The molecule has 4 heteroatoms. The van der Waals surface area contributed by atoms with Gasteiger partial charge in [0.2, 0.25) is 5.91 Å². The highest BCUT2D eigenvalue weighted by atomic mass is 16.2. The molecule has 0 bridgehead atoms. The van der Waals surface area contributed by atoms with Gasteiger partial charge in [0.15, 0.2) is 0 Å². The summed E-state index contributed by atoms with van der Waals surface area (Å²) in [6.45, 7) is 5.27. The van der Waals surface area contributed by atoms with Gasteiger partial charge in [-0.25, -0.2) is 0 Å². The van der Waals surface area contributed by atoms with Gasteiger partial charge in [-0.3, -0.25) is 4.79 Å².